The van der Waals surface area contributed by atoms with Gasteiger partial charge in [-0.25, -0.2) is 0 Å². The van der Waals surface area contributed by atoms with Gasteiger partial charge in [0, 0.05) is 31.6 Å². The van der Waals surface area contributed by atoms with E-state index in [1.54, 1.807) is 6.07 Å². The minimum Gasteiger partial charge on any atom is -0.352 e. The summed E-state index contributed by atoms with van der Waals surface area (Å²) in [6.45, 7) is 3.97. The zero-order valence-corrected chi connectivity index (χ0v) is 17.8. The summed E-state index contributed by atoms with van der Waals surface area (Å²) in [6, 6.07) is 7.42. The number of amides is 2. The fourth-order valence-corrected chi connectivity index (χ4v) is 2.90. The molecule has 2 amide bonds. The molecule has 6 nitrogen and oxygen atoms in total. The first-order chi connectivity index (χ1) is 12.0. The molecule has 8 heteroatoms. The Balaban J connectivity index is 0.00000338. The first-order valence-electron chi connectivity index (χ1n) is 9.04. The Labute approximate surface area is 174 Å². The van der Waals surface area contributed by atoms with Crippen molar-refractivity contribution in [2.45, 2.75) is 25.8 Å². The normalized spacial score (nSPS) is 15.6. The number of carbonyl (C=O) groups excluding carboxylic acids is 2. The molecule has 1 atom stereocenters. The summed E-state index contributed by atoms with van der Waals surface area (Å²) in [7, 11) is 3.94. The minimum atomic E-state index is -0.0799. The van der Waals surface area contributed by atoms with Gasteiger partial charge >= 0.3 is 0 Å². The topological polar surface area (TPSA) is 73.5 Å². The lowest BCUT2D eigenvalue weighted by molar-refractivity contribution is -0.121. The van der Waals surface area contributed by atoms with Crippen molar-refractivity contribution in [1.82, 2.24) is 20.9 Å². The predicted octanol–water partition coefficient (Wildman–Crippen LogP) is 1.83. The van der Waals surface area contributed by atoms with Crippen LogP contribution in [0, 0.1) is 5.92 Å². The van der Waals surface area contributed by atoms with Crippen molar-refractivity contribution in [3.63, 3.8) is 0 Å². The van der Waals surface area contributed by atoms with Crippen LogP contribution in [0.1, 0.15) is 35.2 Å². The maximum atomic E-state index is 12.1. The van der Waals surface area contributed by atoms with Crippen molar-refractivity contribution in [2.75, 3.05) is 40.3 Å². The lowest BCUT2D eigenvalue weighted by Crippen LogP contribution is -2.31. The molecule has 1 unspecified atom stereocenters. The average Bonchev–Trinajstić information content (AvgIpc) is 3.11. The Morgan fingerprint density at radius 2 is 2.00 bits per heavy atom. The van der Waals surface area contributed by atoms with Gasteiger partial charge in [-0.05, 0) is 63.6 Å². The first kappa shape index (κ1) is 25.7. The maximum Gasteiger partial charge on any atom is 0.251 e. The molecule has 0 aromatic heterocycles. The fourth-order valence-electron chi connectivity index (χ4n) is 2.90. The number of hydrogen-bond acceptors (Lipinski definition) is 4. The van der Waals surface area contributed by atoms with Gasteiger partial charge in [-0.15, -0.1) is 24.8 Å². The summed E-state index contributed by atoms with van der Waals surface area (Å²) in [5, 5.41) is 9.17. The third-order valence-corrected chi connectivity index (χ3v) is 4.47. The lowest BCUT2D eigenvalue weighted by Gasteiger charge is -2.11. The molecule has 27 heavy (non-hydrogen) atoms. The molecular weight excluding hydrogens is 387 g/mol. The van der Waals surface area contributed by atoms with Gasteiger partial charge in [0.25, 0.3) is 5.91 Å². The van der Waals surface area contributed by atoms with Gasteiger partial charge < -0.3 is 20.9 Å². The van der Waals surface area contributed by atoms with Crippen LogP contribution in [-0.2, 0) is 11.3 Å². The molecule has 2 rings (SSSR count). The van der Waals surface area contributed by atoms with E-state index in [9.17, 15) is 9.59 Å². The van der Waals surface area contributed by atoms with Crippen molar-refractivity contribution in [1.29, 1.82) is 0 Å². The zero-order chi connectivity index (χ0) is 18.1. The van der Waals surface area contributed by atoms with Crippen LogP contribution in [-0.4, -0.2) is 57.0 Å². The Morgan fingerprint density at radius 1 is 1.22 bits per heavy atom. The van der Waals surface area contributed by atoms with Crippen LogP contribution in [0.2, 0.25) is 0 Å². The summed E-state index contributed by atoms with van der Waals surface area (Å²) in [6.07, 6.45) is 2.67. The Morgan fingerprint density at radius 3 is 2.67 bits per heavy atom. The number of halogens is 2. The molecule has 0 bridgehead atoms. The van der Waals surface area contributed by atoms with E-state index in [0.29, 0.717) is 31.0 Å². The molecule has 1 heterocycles. The molecule has 1 aliphatic heterocycles. The molecule has 0 aliphatic carbocycles. The third-order valence-electron chi connectivity index (χ3n) is 4.47. The van der Waals surface area contributed by atoms with E-state index in [-0.39, 0.29) is 36.6 Å². The van der Waals surface area contributed by atoms with Crippen molar-refractivity contribution >= 4 is 36.6 Å². The van der Waals surface area contributed by atoms with E-state index in [1.807, 2.05) is 37.2 Å². The number of benzene rings is 1. The quantitative estimate of drug-likeness (QED) is 0.571. The minimum absolute atomic E-state index is 0. The molecule has 3 N–H and O–H groups in total. The van der Waals surface area contributed by atoms with Crippen LogP contribution in [0.4, 0.5) is 0 Å². The van der Waals surface area contributed by atoms with Crippen molar-refractivity contribution in [2.24, 2.45) is 5.92 Å². The third kappa shape index (κ3) is 9.96. The van der Waals surface area contributed by atoms with E-state index in [4.69, 9.17) is 0 Å². The van der Waals surface area contributed by atoms with Gasteiger partial charge in [-0.3, -0.25) is 9.59 Å². The molecule has 0 spiro atoms. The van der Waals surface area contributed by atoms with E-state index < -0.39 is 0 Å². The van der Waals surface area contributed by atoms with Crippen molar-refractivity contribution in [3.8, 4) is 0 Å². The van der Waals surface area contributed by atoms with Crippen LogP contribution in [0.5, 0.6) is 0 Å². The largest absolute Gasteiger partial charge is 0.352 e. The molecule has 1 aromatic carbocycles. The van der Waals surface area contributed by atoms with Crippen LogP contribution in [0.3, 0.4) is 0 Å². The second-order valence-corrected chi connectivity index (χ2v) is 6.93. The molecule has 1 aliphatic rings. The van der Waals surface area contributed by atoms with Gasteiger partial charge in [0.1, 0.15) is 0 Å². The summed E-state index contributed by atoms with van der Waals surface area (Å²) < 4.78 is 0. The highest BCUT2D eigenvalue weighted by molar-refractivity contribution is 5.94. The smallest absolute Gasteiger partial charge is 0.251 e. The molecule has 0 radical (unpaired) electrons. The molecule has 1 fully saturated rings. The Kier molecular flexibility index (Phi) is 13.1. The van der Waals surface area contributed by atoms with E-state index in [1.165, 1.54) is 0 Å². The number of rotatable bonds is 9. The lowest BCUT2D eigenvalue weighted by atomic mass is 10.0. The average molecular weight is 419 g/mol. The zero-order valence-electron chi connectivity index (χ0n) is 16.1. The Hall–Kier alpha value is -1.34. The van der Waals surface area contributed by atoms with Gasteiger partial charge in [0.2, 0.25) is 5.91 Å². The van der Waals surface area contributed by atoms with E-state index in [2.05, 4.69) is 16.0 Å². The molecule has 1 aromatic rings. The number of likely N-dealkylation sites (N-methyl/N-ethyl adjacent to an activating group) is 1. The van der Waals surface area contributed by atoms with Crippen molar-refractivity contribution in [3.05, 3.63) is 35.4 Å². The standard InChI is InChI=1S/C19H30N4O2.2ClH/c1-23(2)11-10-21-19(25)17-5-3-4-16(12-17)14-22-18(24)7-6-15-8-9-20-13-15;;/h3-5,12,15,20H,6-11,13-14H2,1-2H3,(H,21,25)(H,22,24);2*1H. The summed E-state index contributed by atoms with van der Waals surface area (Å²) in [5.74, 6) is 0.622. The molecule has 1 saturated heterocycles. The second-order valence-electron chi connectivity index (χ2n) is 6.93. The number of carbonyl (C=O) groups is 2. The first-order valence-corrected chi connectivity index (χ1v) is 9.04. The SMILES string of the molecule is CN(C)CCNC(=O)c1cccc(CNC(=O)CCC2CCNC2)c1.Cl.Cl. The molecule has 0 saturated carbocycles. The van der Waals surface area contributed by atoms with Crippen LogP contribution in [0.25, 0.3) is 0 Å². The van der Waals surface area contributed by atoms with Crippen LogP contribution >= 0.6 is 24.8 Å². The number of nitrogens with zero attached hydrogens (tertiary/aromatic N) is 1. The van der Waals surface area contributed by atoms with Gasteiger partial charge in [-0.1, -0.05) is 12.1 Å². The van der Waals surface area contributed by atoms with E-state index in [0.717, 1.165) is 38.0 Å². The summed E-state index contributed by atoms with van der Waals surface area (Å²) in [5.41, 5.74) is 1.57. The highest BCUT2D eigenvalue weighted by Gasteiger charge is 2.15. The van der Waals surface area contributed by atoms with Gasteiger partial charge in [0.05, 0.1) is 0 Å². The van der Waals surface area contributed by atoms with Gasteiger partial charge in [-0.2, -0.15) is 0 Å². The predicted molar refractivity (Wildman–Crippen MR) is 114 cm³/mol. The summed E-state index contributed by atoms with van der Waals surface area (Å²) in [4.78, 5) is 26.1. The van der Waals surface area contributed by atoms with Crippen LogP contribution in [0.15, 0.2) is 24.3 Å². The number of hydrogen-bond donors (Lipinski definition) is 3. The second kappa shape index (κ2) is 13.8. The molecule has 154 valence electrons. The highest BCUT2D eigenvalue weighted by Crippen LogP contribution is 2.14. The van der Waals surface area contributed by atoms with Crippen molar-refractivity contribution < 1.29 is 9.59 Å². The van der Waals surface area contributed by atoms with E-state index >= 15 is 0 Å². The molecular formula is C19H32Cl2N4O2. The fraction of sp³-hybridized carbons (Fsp3) is 0.579. The monoisotopic (exact) mass is 418 g/mol. The summed E-state index contributed by atoms with van der Waals surface area (Å²) >= 11 is 0. The van der Waals surface area contributed by atoms with Crippen LogP contribution < -0.4 is 16.0 Å². The maximum absolute atomic E-state index is 12.1. The highest BCUT2D eigenvalue weighted by atomic mass is 35.5. The number of nitrogens with one attached hydrogen (secondary N) is 3. The Bertz CT molecular complexity index is 579. The van der Waals surface area contributed by atoms with Gasteiger partial charge in [0.15, 0.2) is 0 Å².